The van der Waals surface area contributed by atoms with E-state index in [4.69, 9.17) is 5.73 Å². The zero-order valence-corrected chi connectivity index (χ0v) is 9.92. The lowest BCUT2D eigenvalue weighted by atomic mass is 10.2. The lowest BCUT2D eigenvalue weighted by Gasteiger charge is -2.09. The Morgan fingerprint density at radius 1 is 1.16 bits per heavy atom. The Balaban J connectivity index is 2.11. The molecule has 94 valence electrons. The second kappa shape index (κ2) is 4.41. The average Bonchev–Trinajstić information content (AvgIpc) is 2.44. The molecule has 0 unspecified atom stereocenters. The van der Waals surface area contributed by atoms with Crippen molar-refractivity contribution in [3.63, 3.8) is 0 Å². The second-order valence-electron chi connectivity index (χ2n) is 3.99. The lowest BCUT2D eigenvalue weighted by molar-refractivity contribution is 1.13. The number of anilines is 3. The molecule has 0 saturated carbocycles. The van der Waals surface area contributed by atoms with Crippen molar-refractivity contribution >= 4 is 28.1 Å². The number of hydrogen-bond donors (Lipinski definition) is 3. The van der Waals surface area contributed by atoms with E-state index in [1.54, 1.807) is 6.20 Å². The van der Waals surface area contributed by atoms with Crippen LogP contribution in [0.2, 0.25) is 0 Å². The van der Waals surface area contributed by atoms with Crippen molar-refractivity contribution in [1.82, 2.24) is 15.0 Å². The van der Waals surface area contributed by atoms with Crippen LogP contribution in [-0.2, 0) is 0 Å². The van der Waals surface area contributed by atoms with Gasteiger partial charge >= 0.3 is 0 Å². The highest BCUT2D eigenvalue weighted by Gasteiger charge is 2.07. The van der Waals surface area contributed by atoms with Crippen molar-refractivity contribution in [2.24, 2.45) is 0 Å². The normalized spacial score (nSPS) is 10.5. The fraction of sp³-hybridized carbons (Fsp3) is 0. The second-order valence-corrected chi connectivity index (χ2v) is 3.99. The third kappa shape index (κ3) is 1.99. The highest BCUT2D eigenvalue weighted by Crippen LogP contribution is 2.25. The van der Waals surface area contributed by atoms with Crippen LogP contribution in [0.1, 0.15) is 0 Å². The van der Waals surface area contributed by atoms with E-state index >= 15 is 0 Å². The first-order valence-electron chi connectivity index (χ1n) is 5.69. The summed E-state index contributed by atoms with van der Waals surface area (Å²) in [5, 5.41) is 4.00. The number of hydrogen-bond acceptors (Lipinski definition) is 5. The van der Waals surface area contributed by atoms with Gasteiger partial charge in [0, 0.05) is 17.3 Å². The Morgan fingerprint density at radius 2 is 2.05 bits per heavy atom. The monoisotopic (exact) mass is 253 g/mol. The van der Waals surface area contributed by atoms with Crippen molar-refractivity contribution in [3.8, 4) is 0 Å². The molecule has 0 saturated heterocycles. The van der Waals surface area contributed by atoms with Gasteiger partial charge in [-0.25, -0.2) is 4.98 Å². The van der Waals surface area contributed by atoms with Crippen LogP contribution in [-0.4, -0.2) is 15.0 Å². The molecule has 0 aliphatic rings. The first-order chi connectivity index (χ1) is 9.25. The van der Waals surface area contributed by atoms with Gasteiger partial charge in [-0.15, -0.1) is 0 Å². The van der Waals surface area contributed by atoms with Crippen molar-refractivity contribution in [2.75, 3.05) is 11.1 Å². The SMILES string of the molecule is Nc1c(Nc2cccc3ncccc23)nc[nH]c1=O. The number of H-pyrrole nitrogens is 1. The molecule has 3 rings (SSSR count). The van der Waals surface area contributed by atoms with E-state index < -0.39 is 0 Å². The number of nitrogen functional groups attached to an aromatic ring is 1. The van der Waals surface area contributed by atoms with E-state index in [-0.39, 0.29) is 11.2 Å². The van der Waals surface area contributed by atoms with Gasteiger partial charge in [0.05, 0.1) is 11.8 Å². The van der Waals surface area contributed by atoms with E-state index in [1.807, 2.05) is 30.3 Å². The topological polar surface area (TPSA) is 96.7 Å². The molecule has 0 atom stereocenters. The molecule has 0 spiro atoms. The average molecular weight is 253 g/mol. The van der Waals surface area contributed by atoms with Gasteiger partial charge in [-0.3, -0.25) is 9.78 Å². The van der Waals surface area contributed by atoms with E-state index in [1.165, 1.54) is 6.33 Å². The third-order valence-electron chi connectivity index (χ3n) is 2.79. The minimum absolute atomic E-state index is 0.0587. The summed E-state index contributed by atoms with van der Waals surface area (Å²) in [6, 6.07) is 9.46. The number of nitrogens with zero attached hydrogens (tertiary/aromatic N) is 2. The predicted molar refractivity (Wildman–Crippen MR) is 74.3 cm³/mol. The molecule has 0 aliphatic heterocycles. The van der Waals surface area contributed by atoms with Crippen molar-refractivity contribution in [3.05, 3.63) is 53.2 Å². The molecule has 0 aliphatic carbocycles. The molecule has 6 nitrogen and oxygen atoms in total. The van der Waals surface area contributed by atoms with Crippen LogP contribution in [0.4, 0.5) is 17.2 Å². The maximum absolute atomic E-state index is 11.4. The number of fused-ring (bicyclic) bond motifs is 1. The minimum atomic E-state index is -0.365. The molecule has 3 aromatic rings. The smallest absolute Gasteiger partial charge is 0.276 e. The van der Waals surface area contributed by atoms with E-state index in [0.29, 0.717) is 5.82 Å². The van der Waals surface area contributed by atoms with Crippen LogP contribution in [0.5, 0.6) is 0 Å². The minimum Gasteiger partial charge on any atom is -0.391 e. The molecule has 2 aromatic heterocycles. The Labute approximate surface area is 108 Å². The van der Waals surface area contributed by atoms with Gasteiger partial charge in [-0.1, -0.05) is 6.07 Å². The summed E-state index contributed by atoms with van der Waals surface area (Å²) in [4.78, 5) is 22.1. The molecule has 0 amide bonds. The van der Waals surface area contributed by atoms with E-state index in [0.717, 1.165) is 16.6 Å². The van der Waals surface area contributed by atoms with Crippen LogP contribution >= 0.6 is 0 Å². The fourth-order valence-corrected chi connectivity index (χ4v) is 1.85. The highest BCUT2D eigenvalue weighted by molar-refractivity contribution is 5.93. The fourth-order valence-electron chi connectivity index (χ4n) is 1.85. The molecule has 4 N–H and O–H groups in total. The van der Waals surface area contributed by atoms with Crippen LogP contribution in [0, 0.1) is 0 Å². The Hall–Kier alpha value is -2.89. The lowest BCUT2D eigenvalue weighted by Crippen LogP contribution is -2.14. The number of nitrogens with two attached hydrogens (primary N) is 1. The molecule has 0 bridgehead atoms. The summed E-state index contributed by atoms with van der Waals surface area (Å²) >= 11 is 0. The van der Waals surface area contributed by atoms with Crippen LogP contribution < -0.4 is 16.6 Å². The summed E-state index contributed by atoms with van der Waals surface area (Å²) in [6.07, 6.45) is 3.04. The van der Waals surface area contributed by atoms with Gasteiger partial charge in [0.25, 0.3) is 5.56 Å². The zero-order valence-electron chi connectivity index (χ0n) is 9.92. The number of nitrogens with one attached hydrogen (secondary N) is 2. The van der Waals surface area contributed by atoms with Crippen molar-refractivity contribution in [1.29, 1.82) is 0 Å². The Morgan fingerprint density at radius 3 is 2.95 bits per heavy atom. The first kappa shape index (κ1) is 11.2. The molecule has 1 aromatic carbocycles. The standard InChI is InChI=1S/C13H11N5O/c14-11-12(16-7-17-13(11)19)18-10-5-1-4-9-8(10)3-2-6-15-9/h1-7H,14H2,(H2,16,17,18,19). The van der Waals surface area contributed by atoms with E-state index in [2.05, 4.69) is 20.3 Å². The third-order valence-corrected chi connectivity index (χ3v) is 2.79. The summed E-state index contributed by atoms with van der Waals surface area (Å²) in [6.45, 7) is 0. The van der Waals surface area contributed by atoms with Gasteiger partial charge in [-0.05, 0) is 24.3 Å². The maximum atomic E-state index is 11.4. The Bertz CT molecular complexity index is 791. The quantitative estimate of drug-likeness (QED) is 0.645. The van der Waals surface area contributed by atoms with Gasteiger partial charge in [0.1, 0.15) is 5.69 Å². The van der Waals surface area contributed by atoms with Gasteiger partial charge < -0.3 is 16.0 Å². The molecule has 0 fully saturated rings. The molecule has 19 heavy (non-hydrogen) atoms. The van der Waals surface area contributed by atoms with E-state index in [9.17, 15) is 4.79 Å². The summed E-state index contributed by atoms with van der Waals surface area (Å²) in [5.74, 6) is 0.333. The summed E-state index contributed by atoms with van der Waals surface area (Å²) in [7, 11) is 0. The molecular weight excluding hydrogens is 242 g/mol. The van der Waals surface area contributed by atoms with Gasteiger partial charge in [0.15, 0.2) is 5.82 Å². The number of rotatable bonds is 2. The van der Waals surface area contributed by atoms with Crippen LogP contribution in [0.15, 0.2) is 47.7 Å². The van der Waals surface area contributed by atoms with Crippen molar-refractivity contribution in [2.45, 2.75) is 0 Å². The molecule has 6 heteroatoms. The summed E-state index contributed by atoms with van der Waals surface area (Å²) in [5.41, 5.74) is 7.04. The van der Waals surface area contributed by atoms with Gasteiger partial charge in [-0.2, -0.15) is 0 Å². The molecule has 0 radical (unpaired) electrons. The number of aromatic amines is 1. The summed E-state index contributed by atoms with van der Waals surface area (Å²) < 4.78 is 0. The maximum Gasteiger partial charge on any atom is 0.276 e. The molecule has 2 heterocycles. The Kier molecular flexibility index (Phi) is 2.60. The van der Waals surface area contributed by atoms with Gasteiger partial charge in [0.2, 0.25) is 0 Å². The first-order valence-corrected chi connectivity index (χ1v) is 5.69. The van der Waals surface area contributed by atoms with Crippen molar-refractivity contribution < 1.29 is 0 Å². The van der Waals surface area contributed by atoms with Crippen LogP contribution in [0.3, 0.4) is 0 Å². The number of pyridine rings is 1. The molecular formula is C13H11N5O. The largest absolute Gasteiger partial charge is 0.391 e. The predicted octanol–water partition coefficient (Wildman–Crippen LogP) is 1.64. The van der Waals surface area contributed by atoms with Crippen LogP contribution in [0.25, 0.3) is 10.9 Å². The zero-order chi connectivity index (χ0) is 13.2. The number of aromatic nitrogens is 3. The highest BCUT2D eigenvalue weighted by atomic mass is 16.1. The number of benzene rings is 1.